The Bertz CT molecular complexity index is 1130. The molecule has 0 saturated carbocycles. The van der Waals surface area contributed by atoms with Crippen molar-refractivity contribution < 1.29 is 0 Å². The van der Waals surface area contributed by atoms with Gasteiger partial charge in [-0.3, -0.25) is 0 Å². The molecule has 0 aliphatic rings. The van der Waals surface area contributed by atoms with Crippen molar-refractivity contribution in [2.45, 2.75) is 0 Å². The zero-order valence-corrected chi connectivity index (χ0v) is 14.4. The van der Waals surface area contributed by atoms with E-state index in [0.29, 0.717) is 0 Å². The van der Waals surface area contributed by atoms with Gasteiger partial charge in [0.15, 0.2) is 0 Å². The lowest BCUT2D eigenvalue weighted by Crippen LogP contribution is -1.82. The van der Waals surface area contributed by atoms with Crippen LogP contribution in [0.1, 0.15) is 0 Å². The molecule has 0 bridgehead atoms. The van der Waals surface area contributed by atoms with Gasteiger partial charge in [0.2, 0.25) is 0 Å². The molecule has 6 rings (SSSR count). The predicted octanol–water partition coefficient (Wildman–Crippen LogP) is 7.42. The SMILES string of the molecule is c1cc2ccc3cccc4ccc(c1)c2c34.c1ccc2ccccc2c1. The summed E-state index contributed by atoms with van der Waals surface area (Å²) in [5.41, 5.74) is 0. The van der Waals surface area contributed by atoms with Crippen molar-refractivity contribution in [3.05, 3.63) is 109 Å². The smallest absolute Gasteiger partial charge is 0.00268 e. The highest BCUT2D eigenvalue weighted by Crippen LogP contribution is 2.33. The van der Waals surface area contributed by atoms with Crippen LogP contribution in [0, 0.1) is 0 Å². The lowest BCUT2D eigenvalue weighted by Gasteiger charge is -2.09. The van der Waals surface area contributed by atoms with Crippen LogP contribution < -0.4 is 0 Å². The maximum absolute atomic E-state index is 2.21. The first kappa shape index (κ1) is 14.9. The van der Waals surface area contributed by atoms with Gasteiger partial charge in [0.25, 0.3) is 0 Å². The summed E-state index contributed by atoms with van der Waals surface area (Å²) in [6.45, 7) is 0. The fraction of sp³-hybridized carbons (Fsp3) is 0. The van der Waals surface area contributed by atoms with Crippen LogP contribution in [0.25, 0.3) is 43.1 Å². The van der Waals surface area contributed by atoms with Gasteiger partial charge in [-0.15, -0.1) is 0 Å². The number of hydrogen-bond acceptors (Lipinski definition) is 0. The maximum atomic E-state index is 2.21. The monoisotopic (exact) mass is 330 g/mol. The van der Waals surface area contributed by atoms with E-state index < -0.39 is 0 Å². The third-order valence-corrected chi connectivity index (χ3v) is 5.05. The molecule has 6 aromatic rings. The Balaban J connectivity index is 0.000000129. The lowest BCUT2D eigenvalue weighted by molar-refractivity contribution is 1.75. The van der Waals surface area contributed by atoms with Crippen molar-refractivity contribution in [1.29, 1.82) is 0 Å². The zero-order valence-electron chi connectivity index (χ0n) is 14.4. The van der Waals surface area contributed by atoms with Crippen molar-refractivity contribution in [2.24, 2.45) is 0 Å². The summed E-state index contributed by atoms with van der Waals surface area (Å²) in [7, 11) is 0. The molecule has 0 heteroatoms. The van der Waals surface area contributed by atoms with E-state index in [-0.39, 0.29) is 0 Å². The minimum Gasteiger partial charge on any atom is -0.0616 e. The molecule has 0 amide bonds. The number of benzene rings is 6. The van der Waals surface area contributed by atoms with Gasteiger partial charge in [0.05, 0.1) is 0 Å². The second-order valence-corrected chi connectivity index (χ2v) is 6.64. The van der Waals surface area contributed by atoms with Crippen LogP contribution in [0.3, 0.4) is 0 Å². The zero-order chi connectivity index (χ0) is 17.3. The van der Waals surface area contributed by atoms with Crippen LogP contribution in [0.15, 0.2) is 109 Å². The number of fused-ring (bicyclic) bond motifs is 1. The summed E-state index contributed by atoms with van der Waals surface area (Å²) < 4.78 is 0. The van der Waals surface area contributed by atoms with E-state index in [1.54, 1.807) is 0 Å². The van der Waals surface area contributed by atoms with E-state index in [2.05, 4.69) is 109 Å². The largest absolute Gasteiger partial charge is 0.0616 e. The van der Waals surface area contributed by atoms with Gasteiger partial charge in [0, 0.05) is 0 Å². The molecule has 26 heavy (non-hydrogen) atoms. The molecule has 0 atom stereocenters. The summed E-state index contributed by atoms with van der Waals surface area (Å²) in [5, 5.41) is 10.8. The molecule has 0 N–H and O–H groups in total. The third-order valence-electron chi connectivity index (χ3n) is 5.05. The van der Waals surface area contributed by atoms with E-state index >= 15 is 0 Å². The fourth-order valence-electron chi connectivity index (χ4n) is 3.80. The first-order valence-electron chi connectivity index (χ1n) is 8.96. The molecular weight excluding hydrogens is 312 g/mol. The molecule has 0 spiro atoms. The molecule has 122 valence electrons. The minimum absolute atomic E-state index is 1.31. The number of rotatable bonds is 0. The molecule has 6 aromatic carbocycles. The van der Waals surface area contributed by atoms with Crippen LogP contribution in [-0.2, 0) is 0 Å². The Kier molecular flexibility index (Phi) is 3.54. The Morgan fingerprint density at radius 3 is 0.808 bits per heavy atom. The Hall–Kier alpha value is -3.38. The van der Waals surface area contributed by atoms with E-state index in [0.717, 1.165) is 0 Å². The molecule has 0 radical (unpaired) electrons. The van der Waals surface area contributed by atoms with Gasteiger partial charge in [-0.05, 0) is 43.1 Å². The summed E-state index contributed by atoms with van der Waals surface area (Å²) in [5.74, 6) is 0. The van der Waals surface area contributed by atoms with Gasteiger partial charge in [-0.25, -0.2) is 0 Å². The summed E-state index contributed by atoms with van der Waals surface area (Å²) in [6.07, 6.45) is 0. The predicted molar refractivity (Wildman–Crippen MR) is 114 cm³/mol. The van der Waals surface area contributed by atoms with Crippen molar-refractivity contribution in [1.82, 2.24) is 0 Å². The van der Waals surface area contributed by atoms with Gasteiger partial charge in [-0.1, -0.05) is 109 Å². The van der Waals surface area contributed by atoms with Gasteiger partial charge in [-0.2, -0.15) is 0 Å². The highest BCUT2D eigenvalue weighted by Gasteiger charge is 2.05. The Morgan fingerprint density at radius 1 is 0.231 bits per heavy atom. The van der Waals surface area contributed by atoms with Crippen LogP contribution in [0.4, 0.5) is 0 Å². The van der Waals surface area contributed by atoms with Crippen molar-refractivity contribution in [3.8, 4) is 0 Å². The summed E-state index contributed by atoms with van der Waals surface area (Å²) >= 11 is 0. The van der Waals surface area contributed by atoms with Crippen molar-refractivity contribution in [2.75, 3.05) is 0 Å². The van der Waals surface area contributed by atoms with Crippen LogP contribution >= 0.6 is 0 Å². The molecule has 0 aliphatic carbocycles. The third kappa shape index (κ3) is 2.48. The highest BCUT2D eigenvalue weighted by atomic mass is 14.1. The molecule has 0 saturated heterocycles. The molecule has 0 nitrogen and oxygen atoms in total. The van der Waals surface area contributed by atoms with Gasteiger partial charge >= 0.3 is 0 Å². The van der Waals surface area contributed by atoms with Crippen LogP contribution in [-0.4, -0.2) is 0 Å². The fourth-order valence-corrected chi connectivity index (χ4v) is 3.80. The maximum Gasteiger partial charge on any atom is -0.00268 e. The Labute approximate surface area is 152 Å². The molecule has 0 aromatic heterocycles. The van der Waals surface area contributed by atoms with E-state index in [1.807, 2.05) is 0 Å². The molecular formula is C26H18. The van der Waals surface area contributed by atoms with Gasteiger partial charge in [0.1, 0.15) is 0 Å². The first-order valence-corrected chi connectivity index (χ1v) is 8.96. The minimum atomic E-state index is 1.31. The topological polar surface area (TPSA) is 0 Å². The molecule has 0 heterocycles. The summed E-state index contributed by atoms with van der Waals surface area (Å²) in [6, 6.07) is 38.6. The highest BCUT2D eigenvalue weighted by molar-refractivity contribution is 6.22. The quantitative estimate of drug-likeness (QED) is 0.254. The normalized spacial score (nSPS) is 11.1. The lowest BCUT2D eigenvalue weighted by atomic mass is 9.95. The van der Waals surface area contributed by atoms with E-state index in [1.165, 1.54) is 43.1 Å². The van der Waals surface area contributed by atoms with Crippen molar-refractivity contribution >= 4 is 43.1 Å². The van der Waals surface area contributed by atoms with Crippen LogP contribution in [0.2, 0.25) is 0 Å². The Morgan fingerprint density at radius 2 is 0.500 bits per heavy atom. The summed E-state index contributed by atoms with van der Waals surface area (Å²) in [4.78, 5) is 0. The standard InChI is InChI=1S/C16H10.C10H8/c1-3-11-7-9-13-5-2-6-14-10-8-12(4-1)15(11)16(13)14;1-2-6-10-8-4-3-7-9(10)5-1/h1-10H;1-8H. The van der Waals surface area contributed by atoms with E-state index in [4.69, 9.17) is 0 Å². The van der Waals surface area contributed by atoms with E-state index in [9.17, 15) is 0 Å². The average molecular weight is 330 g/mol. The first-order chi connectivity index (χ1) is 12.9. The van der Waals surface area contributed by atoms with Crippen molar-refractivity contribution in [3.63, 3.8) is 0 Å². The molecule has 0 aliphatic heterocycles. The van der Waals surface area contributed by atoms with Crippen LogP contribution in [0.5, 0.6) is 0 Å². The average Bonchev–Trinajstić information content (AvgIpc) is 2.73. The van der Waals surface area contributed by atoms with Gasteiger partial charge < -0.3 is 0 Å². The molecule has 0 fully saturated rings. The molecule has 0 unspecified atom stereocenters. The second-order valence-electron chi connectivity index (χ2n) is 6.64. The number of hydrogen-bond donors (Lipinski definition) is 0. The second kappa shape index (κ2) is 6.16.